The fourth-order valence-electron chi connectivity index (χ4n) is 2.75. The summed E-state index contributed by atoms with van der Waals surface area (Å²) in [4.78, 5) is 23.6. The molecule has 2 amide bonds. The van der Waals surface area contributed by atoms with Crippen LogP contribution in [-0.4, -0.2) is 24.4 Å². The summed E-state index contributed by atoms with van der Waals surface area (Å²) in [5, 5.41) is 5.83. The molecule has 128 valence electrons. The van der Waals surface area contributed by atoms with E-state index in [9.17, 15) is 9.59 Å². The number of benzene rings is 1. The topological polar surface area (TPSA) is 84.2 Å². The first-order chi connectivity index (χ1) is 10.6. The monoisotopic (exact) mass is 339 g/mol. The molecular formula is C17H26ClN3O2. The highest BCUT2D eigenvalue weighted by Crippen LogP contribution is 2.17. The fraction of sp³-hybridized carbons (Fsp3) is 0.529. The Morgan fingerprint density at radius 2 is 1.70 bits per heavy atom. The number of amides is 2. The lowest BCUT2D eigenvalue weighted by Gasteiger charge is -2.22. The van der Waals surface area contributed by atoms with Gasteiger partial charge in [0.1, 0.15) is 0 Å². The molecule has 1 aliphatic rings. The van der Waals surface area contributed by atoms with E-state index < -0.39 is 0 Å². The summed E-state index contributed by atoms with van der Waals surface area (Å²) in [6.45, 7) is 0.381. The van der Waals surface area contributed by atoms with E-state index in [-0.39, 0.29) is 24.2 Å². The van der Waals surface area contributed by atoms with Crippen molar-refractivity contribution in [1.82, 2.24) is 10.6 Å². The van der Waals surface area contributed by atoms with Gasteiger partial charge in [0.05, 0.1) is 6.42 Å². The number of nitrogen functional groups attached to an aromatic ring is 1. The molecule has 0 spiro atoms. The summed E-state index contributed by atoms with van der Waals surface area (Å²) < 4.78 is 0. The molecule has 0 aromatic heterocycles. The van der Waals surface area contributed by atoms with Gasteiger partial charge in [-0.05, 0) is 30.5 Å². The van der Waals surface area contributed by atoms with Crippen molar-refractivity contribution in [2.75, 3.05) is 12.3 Å². The zero-order chi connectivity index (χ0) is 15.8. The Kier molecular flexibility index (Phi) is 8.48. The maximum absolute atomic E-state index is 11.8. The normalized spacial score (nSPS) is 14.6. The van der Waals surface area contributed by atoms with Crippen molar-refractivity contribution in [2.24, 2.45) is 0 Å². The molecule has 5 nitrogen and oxygen atoms in total. The summed E-state index contributed by atoms with van der Waals surface area (Å²) >= 11 is 0. The van der Waals surface area contributed by atoms with E-state index in [1.165, 1.54) is 19.3 Å². The molecule has 0 unspecified atom stereocenters. The molecule has 2 rings (SSSR count). The summed E-state index contributed by atoms with van der Waals surface area (Å²) in [6, 6.07) is 7.56. The molecule has 0 heterocycles. The van der Waals surface area contributed by atoms with E-state index in [0.29, 0.717) is 31.1 Å². The highest BCUT2D eigenvalue weighted by atomic mass is 35.5. The van der Waals surface area contributed by atoms with Gasteiger partial charge in [-0.3, -0.25) is 9.59 Å². The quantitative estimate of drug-likeness (QED) is 0.694. The van der Waals surface area contributed by atoms with Crippen LogP contribution in [0.2, 0.25) is 0 Å². The smallest absolute Gasteiger partial charge is 0.224 e. The summed E-state index contributed by atoms with van der Waals surface area (Å²) in [6.07, 6.45) is 6.47. The minimum Gasteiger partial charge on any atom is -0.399 e. The number of nitrogens with one attached hydrogen (secondary N) is 2. The molecule has 0 aliphatic heterocycles. The number of hydrogen-bond acceptors (Lipinski definition) is 3. The average Bonchev–Trinajstić information content (AvgIpc) is 2.50. The molecule has 0 bridgehead atoms. The zero-order valence-electron chi connectivity index (χ0n) is 13.3. The van der Waals surface area contributed by atoms with Crippen LogP contribution in [0.5, 0.6) is 0 Å². The van der Waals surface area contributed by atoms with Gasteiger partial charge in [-0.15, -0.1) is 12.4 Å². The standard InChI is InChI=1S/C17H25N3O2.ClH/c18-14-8-6-13(7-9-14)12-17(22)19-11-10-16(21)20-15-4-2-1-3-5-15;/h6-9,15H,1-5,10-12,18H2,(H,19,22)(H,20,21);1H. The predicted octanol–water partition coefficient (Wildman–Crippen LogP) is 2.19. The first-order valence-electron chi connectivity index (χ1n) is 8.04. The SMILES string of the molecule is Cl.Nc1ccc(CC(=O)NCCC(=O)NC2CCCCC2)cc1. The summed E-state index contributed by atoms with van der Waals surface area (Å²) in [5.74, 6) is -0.0464. The van der Waals surface area contributed by atoms with Gasteiger partial charge in [0, 0.05) is 24.7 Å². The molecule has 4 N–H and O–H groups in total. The van der Waals surface area contributed by atoms with Crippen LogP contribution in [0.3, 0.4) is 0 Å². The van der Waals surface area contributed by atoms with Crippen LogP contribution >= 0.6 is 12.4 Å². The Labute approximate surface area is 143 Å². The third kappa shape index (κ3) is 7.37. The molecule has 1 saturated carbocycles. The molecule has 1 aromatic carbocycles. The van der Waals surface area contributed by atoms with Crippen LogP contribution in [-0.2, 0) is 16.0 Å². The van der Waals surface area contributed by atoms with E-state index in [1.54, 1.807) is 12.1 Å². The number of carbonyl (C=O) groups excluding carboxylic acids is 2. The van der Waals surface area contributed by atoms with E-state index in [1.807, 2.05) is 12.1 Å². The molecule has 6 heteroatoms. The zero-order valence-corrected chi connectivity index (χ0v) is 14.2. The second kappa shape index (κ2) is 10.1. The second-order valence-electron chi connectivity index (χ2n) is 5.92. The Morgan fingerprint density at radius 3 is 2.35 bits per heavy atom. The average molecular weight is 340 g/mol. The first-order valence-corrected chi connectivity index (χ1v) is 8.04. The largest absolute Gasteiger partial charge is 0.399 e. The van der Waals surface area contributed by atoms with Gasteiger partial charge in [0.25, 0.3) is 0 Å². The Bertz CT molecular complexity index is 499. The van der Waals surface area contributed by atoms with Crippen molar-refractivity contribution >= 4 is 29.9 Å². The van der Waals surface area contributed by atoms with Gasteiger partial charge in [-0.1, -0.05) is 31.4 Å². The lowest BCUT2D eigenvalue weighted by Crippen LogP contribution is -2.38. The van der Waals surface area contributed by atoms with Crippen molar-refractivity contribution < 1.29 is 9.59 Å². The van der Waals surface area contributed by atoms with Gasteiger partial charge in [0.15, 0.2) is 0 Å². The fourth-order valence-corrected chi connectivity index (χ4v) is 2.75. The Hall–Kier alpha value is -1.75. The van der Waals surface area contributed by atoms with Crippen molar-refractivity contribution in [3.63, 3.8) is 0 Å². The third-order valence-corrected chi connectivity index (χ3v) is 3.99. The van der Waals surface area contributed by atoms with Crippen molar-refractivity contribution in [1.29, 1.82) is 0 Å². The molecule has 1 aliphatic carbocycles. The third-order valence-electron chi connectivity index (χ3n) is 3.99. The van der Waals surface area contributed by atoms with E-state index in [2.05, 4.69) is 10.6 Å². The van der Waals surface area contributed by atoms with Crippen molar-refractivity contribution in [2.45, 2.75) is 51.0 Å². The number of carbonyl (C=O) groups is 2. The molecule has 0 saturated heterocycles. The molecular weight excluding hydrogens is 314 g/mol. The molecule has 1 aromatic rings. The van der Waals surface area contributed by atoms with Gasteiger partial charge in [-0.25, -0.2) is 0 Å². The predicted molar refractivity (Wildman–Crippen MR) is 94.4 cm³/mol. The van der Waals surface area contributed by atoms with Crippen LogP contribution in [0.25, 0.3) is 0 Å². The number of anilines is 1. The highest BCUT2D eigenvalue weighted by Gasteiger charge is 2.15. The van der Waals surface area contributed by atoms with Gasteiger partial charge in [-0.2, -0.15) is 0 Å². The Morgan fingerprint density at radius 1 is 1.04 bits per heavy atom. The number of nitrogens with two attached hydrogens (primary N) is 1. The van der Waals surface area contributed by atoms with Crippen molar-refractivity contribution in [3.8, 4) is 0 Å². The summed E-state index contributed by atoms with van der Waals surface area (Å²) in [5.41, 5.74) is 7.20. The van der Waals surface area contributed by atoms with Crippen LogP contribution in [0.1, 0.15) is 44.1 Å². The summed E-state index contributed by atoms with van der Waals surface area (Å²) in [7, 11) is 0. The molecule has 0 radical (unpaired) electrons. The van der Waals surface area contributed by atoms with E-state index in [0.717, 1.165) is 18.4 Å². The van der Waals surface area contributed by atoms with Crippen LogP contribution < -0.4 is 16.4 Å². The molecule has 1 fully saturated rings. The highest BCUT2D eigenvalue weighted by molar-refractivity contribution is 5.85. The van der Waals surface area contributed by atoms with E-state index in [4.69, 9.17) is 5.73 Å². The minimum atomic E-state index is -0.0739. The van der Waals surface area contributed by atoms with Gasteiger partial charge < -0.3 is 16.4 Å². The minimum absolute atomic E-state index is 0. The Balaban J connectivity index is 0.00000264. The number of hydrogen-bond donors (Lipinski definition) is 3. The van der Waals surface area contributed by atoms with Crippen LogP contribution in [0.4, 0.5) is 5.69 Å². The van der Waals surface area contributed by atoms with Gasteiger partial charge in [0.2, 0.25) is 11.8 Å². The molecule has 0 atom stereocenters. The van der Waals surface area contributed by atoms with E-state index >= 15 is 0 Å². The van der Waals surface area contributed by atoms with Crippen LogP contribution in [0, 0.1) is 0 Å². The first kappa shape index (κ1) is 19.3. The lowest BCUT2D eigenvalue weighted by atomic mass is 9.95. The lowest BCUT2D eigenvalue weighted by molar-refractivity contribution is -0.122. The van der Waals surface area contributed by atoms with Crippen molar-refractivity contribution in [3.05, 3.63) is 29.8 Å². The number of halogens is 1. The molecule has 23 heavy (non-hydrogen) atoms. The second-order valence-corrected chi connectivity index (χ2v) is 5.92. The van der Waals surface area contributed by atoms with Gasteiger partial charge >= 0.3 is 0 Å². The maximum atomic E-state index is 11.8. The number of rotatable bonds is 6. The maximum Gasteiger partial charge on any atom is 0.224 e. The van der Waals surface area contributed by atoms with Crippen LogP contribution in [0.15, 0.2) is 24.3 Å².